The number of nitrogens with one attached hydrogen (secondary N) is 2. The van der Waals surface area contributed by atoms with Gasteiger partial charge >= 0.3 is 0 Å². The molecule has 0 fully saturated rings. The van der Waals surface area contributed by atoms with Crippen LogP contribution in [0.25, 0.3) is 0 Å². The average Bonchev–Trinajstić information content (AvgIpc) is 2.64. The summed E-state index contributed by atoms with van der Waals surface area (Å²) in [5.74, 6) is -0.338. The number of amides is 2. The Bertz CT molecular complexity index is 745. The first-order valence-corrected chi connectivity index (χ1v) is 8.90. The van der Waals surface area contributed by atoms with Crippen LogP contribution in [0.2, 0.25) is 5.02 Å². The van der Waals surface area contributed by atoms with Gasteiger partial charge in [-0.3, -0.25) is 9.59 Å². The summed E-state index contributed by atoms with van der Waals surface area (Å²) < 4.78 is 0. The third kappa shape index (κ3) is 6.17. The van der Waals surface area contributed by atoms with Crippen LogP contribution in [0, 0.1) is 0 Å². The fourth-order valence-corrected chi connectivity index (χ4v) is 2.59. The molecule has 2 rings (SSSR count). The van der Waals surface area contributed by atoms with Crippen LogP contribution in [0.3, 0.4) is 0 Å². The number of rotatable bonds is 8. The van der Waals surface area contributed by atoms with E-state index in [0.717, 1.165) is 18.5 Å². The Morgan fingerprint density at radius 2 is 1.50 bits per heavy atom. The number of carbonyl (C=O) groups is 2. The Hall–Kier alpha value is -2.37. The minimum atomic E-state index is -0.206. The predicted octanol–water partition coefficient (Wildman–Crippen LogP) is 2.95. The standard InChI is InChI=1S/C20H24ClN3O2/c1-24(2)13-5-12-22-19(25)15-8-10-16(11-9-15)20(26)23-14-17-6-3-4-7-18(17)21/h3-4,6-11H,5,12-14H2,1-2H3,(H,22,25)(H,23,26). The van der Waals surface area contributed by atoms with Gasteiger partial charge < -0.3 is 15.5 Å². The minimum Gasteiger partial charge on any atom is -0.352 e. The Balaban J connectivity index is 1.85. The third-order valence-electron chi connectivity index (χ3n) is 3.87. The summed E-state index contributed by atoms with van der Waals surface area (Å²) >= 11 is 6.08. The minimum absolute atomic E-state index is 0.133. The second kappa shape index (κ2) is 9.94. The molecule has 0 bridgehead atoms. The van der Waals surface area contributed by atoms with Gasteiger partial charge in [0.15, 0.2) is 0 Å². The number of carbonyl (C=O) groups excluding carboxylic acids is 2. The van der Waals surface area contributed by atoms with Gasteiger partial charge in [0.25, 0.3) is 11.8 Å². The van der Waals surface area contributed by atoms with Crippen molar-refractivity contribution < 1.29 is 9.59 Å². The van der Waals surface area contributed by atoms with Crippen molar-refractivity contribution in [2.75, 3.05) is 27.2 Å². The fourth-order valence-electron chi connectivity index (χ4n) is 2.39. The Labute approximate surface area is 159 Å². The molecule has 26 heavy (non-hydrogen) atoms. The summed E-state index contributed by atoms with van der Waals surface area (Å²) in [6.45, 7) is 1.90. The molecule has 6 heteroatoms. The summed E-state index contributed by atoms with van der Waals surface area (Å²) in [5.41, 5.74) is 1.90. The van der Waals surface area contributed by atoms with Crippen molar-refractivity contribution in [2.24, 2.45) is 0 Å². The normalized spacial score (nSPS) is 10.6. The van der Waals surface area contributed by atoms with E-state index < -0.39 is 0 Å². The van der Waals surface area contributed by atoms with Gasteiger partial charge in [0.1, 0.15) is 0 Å². The van der Waals surface area contributed by atoms with E-state index in [9.17, 15) is 9.59 Å². The van der Waals surface area contributed by atoms with E-state index in [1.165, 1.54) is 0 Å². The van der Waals surface area contributed by atoms with Gasteiger partial charge in [-0.15, -0.1) is 0 Å². The predicted molar refractivity (Wildman–Crippen MR) is 105 cm³/mol. The highest BCUT2D eigenvalue weighted by Gasteiger charge is 2.09. The smallest absolute Gasteiger partial charge is 0.251 e. The summed E-state index contributed by atoms with van der Waals surface area (Å²) in [6.07, 6.45) is 0.890. The molecule has 2 aromatic carbocycles. The summed E-state index contributed by atoms with van der Waals surface area (Å²) in [4.78, 5) is 26.4. The lowest BCUT2D eigenvalue weighted by Crippen LogP contribution is -2.27. The molecule has 0 aliphatic carbocycles. The summed E-state index contributed by atoms with van der Waals surface area (Å²) in [7, 11) is 3.99. The van der Waals surface area contributed by atoms with Crippen molar-refractivity contribution in [1.82, 2.24) is 15.5 Å². The molecule has 138 valence electrons. The van der Waals surface area contributed by atoms with Crippen LogP contribution in [0.15, 0.2) is 48.5 Å². The quantitative estimate of drug-likeness (QED) is 0.699. The van der Waals surface area contributed by atoms with Gasteiger partial charge in [0.05, 0.1) is 0 Å². The molecule has 0 aromatic heterocycles. The van der Waals surface area contributed by atoms with E-state index in [1.807, 2.05) is 32.3 Å². The lowest BCUT2D eigenvalue weighted by Gasteiger charge is -2.10. The lowest BCUT2D eigenvalue weighted by atomic mass is 10.1. The number of benzene rings is 2. The van der Waals surface area contributed by atoms with Gasteiger partial charge in [-0.1, -0.05) is 29.8 Å². The molecule has 0 aliphatic heterocycles. The maximum atomic E-state index is 12.2. The zero-order valence-corrected chi connectivity index (χ0v) is 15.8. The SMILES string of the molecule is CN(C)CCCNC(=O)c1ccc(C(=O)NCc2ccccc2Cl)cc1. The van der Waals surface area contributed by atoms with Crippen LogP contribution in [-0.4, -0.2) is 43.9 Å². The molecule has 0 spiro atoms. The first-order chi connectivity index (χ1) is 12.5. The van der Waals surface area contributed by atoms with E-state index in [-0.39, 0.29) is 11.8 Å². The third-order valence-corrected chi connectivity index (χ3v) is 4.24. The molecule has 5 nitrogen and oxygen atoms in total. The Morgan fingerprint density at radius 3 is 2.08 bits per heavy atom. The van der Waals surface area contributed by atoms with Crippen molar-refractivity contribution in [3.05, 3.63) is 70.2 Å². The zero-order chi connectivity index (χ0) is 18.9. The van der Waals surface area contributed by atoms with E-state index >= 15 is 0 Å². The second-order valence-corrected chi connectivity index (χ2v) is 6.67. The van der Waals surface area contributed by atoms with Crippen molar-refractivity contribution in [3.63, 3.8) is 0 Å². The molecule has 0 aliphatic rings. The topological polar surface area (TPSA) is 61.4 Å². The van der Waals surface area contributed by atoms with Crippen LogP contribution in [0.5, 0.6) is 0 Å². The molecule has 0 saturated heterocycles. The molecule has 0 unspecified atom stereocenters. The fraction of sp³-hybridized carbons (Fsp3) is 0.300. The van der Waals surface area contributed by atoms with Crippen molar-refractivity contribution >= 4 is 23.4 Å². The van der Waals surface area contributed by atoms with Gasteiger partial charge in [-0.2, -0.15) is 0 Å². The van der Waals surface area contributed by atoms with Crippen molar-refractivity contribution in [1.29, 1.82) is 0 Å². The number of halogens is 1. The molecule has 0 saturated carbocycles. The lowest BCUT2D eigenvalue weighted by molar-refractivity contribution is 0.0939. The number of hydrogen-bond acceptors (Lipinski definition) is 3. The zero-order valence-electron chi connectivity index (χ0n) is 15.1. The van der Waals surface area contributed by atoms with Crippen LogP contribution >= 0.6 is 11.6 Å². The van der Waals surface area contributed by atoms with Gasteiger partial charge in [0, 0.05) is 29.2 Å². The van der Waals surface area contributed by atoms with Crippen LogP contribution in [-0.2, 0) is 6.54 Å². The summed E-state index contributed by atoms with van der Waals surface area (Å²) in [6, 6.07) is 14.0. The molecule has 0 radical (unpaired) electrons. The van der Waals surface area contributed by atoms with E-state index in [0.29, 0.717) is 29.2 Å². The van der Waals surface area contributed by atoms with Crippen LogP contribution < -0.4 is 10.6 Å². The van der Waals surface area contributed by atoms with Gasteiger partial charge in [-0.05, 0) is 63.0 Å². The summed E-state index contributed by atoms with van der Waals surface area (Å²) in [5, 5.41) is 6.32. The molecule has 2 amide bonds. The van der Waals surface area contributed by atoms with E-state index in [4.69, 9.17) is 11.6 Å². The highest BCUT2D eigenvalue weighted by atomic mass is 35.5. The molecule has 0 heterocycles. The highest BCUT2D eigenvalue weighted by Crippen LogP contribution is 2.14. The number of hydrogen-bond donors (Lipinski definition) is 2. The van der Waals surface area contributed by atoms with Crippen LogP contribution in [0.4, 0.5) is 0 Å². The molecule has 2 N–H and O–H groups in total. The Morgan fingerprint density at radius 1 is 0.923 bits per heavy atom. The Kier molecular flexibility index (Phi) is 7.63. The van der Waals surface area contributed by atoms with Gasteiger partial charge in [0.2, 0.25) is 0 Å². The molecule has 0 atom stereocenters. The largest absolute Gasteiger partial charge is 0.352 e. The van der Waals surface area contributed by atoms with Crippen molar-refractivity contribution in [2.45, 2.75) is 13.0 Å². The maximum Gasteiger partial charge on any atom is 0.251 e. The van der Waals surface area contributed by atoms with Gasteiger partial charge in [-0.25, -0.2) is 0 Å². The van der Waals surface area contributed by atoms with Crippen LogP contribution in [0.1, 0.15) is 32.7 Å². The average molecular weight is 374 g/mol. The first kappa shape index (κ1) is 19.9. The van der Waals surface area contributed by atoms with Crippen molar-refractivity contribution in [3.8, 4) is 0 Å². The maximum absolute atomic E-state index is 12.2. The molecular weight excluding hydrogens is 350 g/mol. The number of nitrogens with zero attached hydrogens (tertiary/aromatic N) is 1. The highest BCUT2D eigenvalue weighted by molar-refractivity contribution is 6.31. The monoisotopic (exact) mass is 373 g/mol. The van der Waals surface area contributed by atoms with E-state index in [1.54, 1.807) is 30.3 Å². The molecule has 2 aromatic rings. The van der Waals surface area contributed by atoms with E-state index in [2.05, 4.69) is 15.5 Å². The first-order valence-electron chi connectivity index (χ1n) is 8.52. The second-order valence-electron chi connectivity index (χ2n) is 6.26. The molecular formula is C20H24ClN3O2.